The van der Waals surface area contributed by atoms with Crippen molar-refractivity contribution in [2.75, 3.05) is 0 Å². The van der Waals surface area contributed by atoms with Crippen LogP contribution >= 0.6 is 11.3 Å². The van der Waals surface area contributed by atoms with Gasteiger partial charge >= 0.3 is 0 Å². The summed E-state index contributed by atoms with van der Waals surface area (Å²) in [6.45, 7) is 2.82. The Kier molecular flexibility index (Phi) is 3.51. The molecular weight excluding hydrogens is 220 g/mol. The number of carbonyl (C=O) groups is 1. The topological polar surface area (TPSA) is 34.9 Å². The van der Waals surface area contributed by atoms with Gasteiger partial charge in [-0.15, -0.1) is 11.3 Å². The van der Waals surface area contributed by atoms with Crippen molar-refractivity contribution in [3.8, 4) is 0 Å². The molecule has 0 fully saturated rings. The maximum absolute atomic E-state index is 11.7. The van der Waals surface area contributed by atoms with Crippen LogP contribution in [-0.4, -0.2) is 15.6 Å². The van der Waals surface area contributed by atoms with Crippen molar-refractivity contribution in [3.05, 3.63) is 40.3 Å². The van der Waals surface area contributed by atoms with Crippen LogP contribution in [0.2, 0.25) is 0 Å². The Morgan fingerprint density at radius 1 is 1.56 bits per heavy atom. The molecule has 0 aliphatic rings. The third kappa shape index (κ3) is 2.79. The van der Waals surface area contributed by atoms with Gasteiger partial charge in [-0.2, -0.15) is 5.10 Å². The van der Waals surface area contributed by atoms with Gasteiger partial charge in [-0.25, -0.2) is 0 Å². The highest BCUT2D eigenvalue weighted by atomic mass is 32.1. The molecule has 3 nitrogen and oxygen atoms in total. The number of Topliss-reactive ketones (excluding diaryl/α,β-unsaturated/α-hetero) is 1. The van der Waals surface area contributed by atoms with Crippen LogP contribution in [0.1, 0.15) is 28.1 Å². The SMILES string of the molecule is Cc1cnn(CCCC(=O)c2cccs2)c1. The second-order valence-corrected chi connectivity index (χ2v) is 4.73. The summed E-state index contributed by atoms with van der Waals surface area (Å²) in [7, 11) is 0. The van der Waals surface area contributed by atoms with Gasteiger partial charge in [0, 0.05) is 19.2 Å². The van der Waals surface area contributed by atoms with E-state index in [0.29, 0.717) is 6.42 Å². The molecule has 0 spiro atoms. The molecule has 0 amide bonds. The van der Waals surface area contributed by atoms with Crippen molar-refractivity contribution in [1.29, 1.82) is 0 Å². The molecule has 2 rings (SSSR count). The zero-order valence-electron chi connectivity index (χ0n) is 9.22. The molecule has 0 aliphatic heterocycles. The number of aromatic nitrogens is 2. The van der Waals surface area contributed by atoms with Crippen LogP contribution in [0.3, 0.4) is 0 Å². The van der Waals surface area contributed by atoms with Gasteiger partial charge in [-0.1, -0.05) is 6.07 Å². The highest BCUT2D eigenvalue weighted by Crippen LogP contribution is 2.12. The fourth-order valence-corrected chi connectivity index (χ4v) is 2.25. The fraction of sp³-hybridized carbons (Fsp3) is 0.333. The van der Waals surface area contributed by atoms with Crippen molar-refractivity contribution >= 4 is 17.1 Å². The summed E-state index contributed by atoms with van der Waals surface area (Å²) in [5.41, 5.74) is 1.16. The molecule has 0 aromatic carbocycles. The van der Waals surface area contributed by atoms with Crippen molar-refractivity contribution < 1.29 is 4.79 Å². The highest BCUT2D eigenvalue weighted by molar-refractivity contribution is 7.12. The summed E-state index contributed by atoms with van der Waals surface area (Å²) < 4.78 is 1.89. The fourth-order valence-electron chi connectivity index (χ4n) is 1.55. The first-order valence-corrected chi connectivity index (χ1v) is 6.19. The van der Waals surface area contributed by atoms with Crippen LogP contribution in [0.15, 0.2) is 29.9 Å². The second kappa shape index (κ2) is 5.07. The zero-order chi connectivity index (χ0) is 11.4. The molecule has 0 aliphatic carbocycles. The van der Waals surface area contributed by atoms with Crippen LogP contribution in [0.5, 0.6) is 0 Å². The van der Waals surface area contributed by atoms with E-state index in [4.69, 9.17) is 0 Å². The predicted molar refractivity (Wildman–Crippen MR) is 64.8 cm³/mol. The normalized spacial score (nSPS) is 10.6. The number of thiophene rings is 1. The molecule has 0 N–H and O–H groups in total. The third-order valence-electron chi connectivity index (χ3n) is 2.35. The molecule has 0 unspecified atom stereocenters. The number of rotatable bonds is 5. The van der Waals surface area contributed by atoms with Gasteiger partial charge < -0.3 is 0 Å². The Morgan fingerprint density at radius 2 is 2.44 bits per heavy atom. The number of ketones is 1. The Bertz CT molecular complexity index is 459. The van der Waals surface area contributed by atoms with E-state index in [-0.39, 0.29) is 5.78 Å². The number of nitrogens with zero attached hydrogens (tertiary/aromatic N) is 2. The minimum Gasteiger partial charge on any atom is -0.293 e. The lowest BCUT2D eigenvalue weighted by atomic mass is 10.2. The molecule has 0 radical (unpaired) electrons. The Hall–Kier alpha value is -1.42. The number of hydrogen-bond acceptors (Lipinski definition) is 3. The van der Waals surface area contributed by atoms with E-state index >= 15 is 0 Å². The van der Waals surface area contributed by atoms with Crippen molar-refractivity contribution in [3.63, 3.8) is 0 Å². The molecule has 2 aromatic rings. The standard InChI is InChI=1S/C12H14N2OS/c1-10-8-13-14(9-10)6-2-4-11(15)12-5-3-7-16-12/h3,5,7-9H,2,4,6H2,1H3. The molecular formula is C12H14N2OS. The molecule has 16 heavy (non-hydrogen) atoms. The molecule has 2 aromatic heterocycles. The maximum Gasteiger partial charge on any atom is 0.172 e. The smallest absolute Gasteiger partial charge is 0.172 e. The molecule has 0 atom stereocenters. The Morgan fingerprint density at radius 3 is 3.06 bits per heavy atom. The summed E-state index contributed by atoms with van der Waals surface area (Å²) in [5.74, 6) is 0.235. The monoisotopic (exact) mass is 234 g/mol. The van der Waals surface area contributed by atoms with E-state index in [0.717, 1.165) is 23.4 Å². The van der Waals surface area contributed by atoms with Crippen molar-refractivity contribution in [2.45, 2.75) is 26.3 Å². The lowest BCUT2D eigenvalue weighted by Crippen LogP contribution is -2.02. The van der Waals surface area contributed by atoms with E-state index in [2.05, 4.69) is 5.10 Å². The number of aryl methyl sites for hydroxylation is 2. The van der Waals surface area contributed by atoms with Gasteiger partial charge in [-0.3, -0.25) is 9.48 Å². The Balaban J connectivity index is 1.78. The molecule has 0 bridgehead atoms. The van der Waals surface area contributed by atoms with Gasteiger partial charge in [-0.05, 0) is 30.4 Å². The van der Waals surface area contributed by atoms with Gasteiger partial charge in [0.1, 0.15) is 0 Å². The van der Waals surface area contributed by atoms with Crippen LogP contribution < -0.4 is 0 Å². The first-order valence-electron chi connectivity index (χ1n) is 5.31. The van der Waals surface area contributed by atoms with Gasteiger partial charge in [0.05, 0.1) is 11.1 Å². The summed E-state index contributed by atoms with van der Waals surface area (Å²) in [5, 5.41) is 6.12. The quantitative estimate of drug-likeness (QED) is 0.745. The van der Waals surface area contributed by atoms with Crippen molar-refractivity contribution in [2.24, 2.45) is 0 Å². The lowest BCUT2D eigenvalue weighted by molar-refractivity contribution is 0.0982. The highest BCUT2D eigenvalue weighted by Gasteiger charge is 2.06. The average Bonchev–Trinajstić information content (AvgIpc) is 2.89. The first-order chi connectivity index (χ1) is 7.75. The number of carbonyl (C=O) groups excluding carboxylic acids is 1. The zero-order valence-corrected chi connectivity index (χ0v) is 10.0. The summed E-state index contributed by atoms with van der Waals surface area (Å²) in [6, 6.07) is 3.79. The summed E-state index contributed by atoms with van der Waals surface area (Å²) in [4.78, 5) is 12.5. The van der Waals surface area contributed by atoms with E-state index in [1.165, 1.54) is 11.3 Å². The van der Waals surface area contributed by atoms with Crippen LogP contribution in [0, 0.1) is 6.92 Å². The van der Waals surface area contributed by atoms with E-state index in [1.54, 1.807) is 0 Å². The van der Waals surface area contributed by atoms with Crippen LogP contribution in [0.25, 0.3) is 0 Å². The van der Waals surface area contributed by atoms with E-state index in [1.807, 2.05) is 41.5 Å². The minimum atomic E-state index is 0.235. The molecule has 0 saturated heterocycles. The van der Waals surface area contributed by atoms with Crippen LogP contribution in [0.4, 0.5) is 0 Å². The Labute approximate surface area is 98.7 Å². The minimum absolute atomic E-state index is 0.235. The average molecular weight is 234 g/mol. The summed E-state index contributed by atoms with van der Waals surface area (Å²) in [6.07, 6.45) is 5.27. The third-order valence-corrected chi connectivity index (χ3v) is 3.26. The largest absolute Gasteiger partial charge is 0.293 e. The maximum atomic E-state index is 11.7. The second-order valence-electron chi connectivity index (χ2n) is 3.78. The number of hydrogen-bond donors (Lipinski definition) is 0. The van der Waals surface area contributed by atoms with Crippen LogP contribution in [-0.2, 0) is 6.54 Å². The molecule has 84 valence electrons. The molecule has 2 heterocycles. The first kappa shape index (κ1) is 11.1. The van der Waals surface area contributed by atoms with Crippen molar-refractivity contribution in [1.82, 2.24) is 9.78 Å². The van der Waals surface area contributed by atoms with E-state index in [9.17, 15) is 4.79 Å². The van der Waals surface area contributed by atoms with Gasteiger partial charge in [0.15, 0.2) is 5.78 Å². The summed E-state index contributed by atoms with van der Waals surface area (Å²) >= 11 is 1.51. The lowest BCUT2D eigenvalue weighted by Gasteiger charge is -2.00. The predicted octanol–water partition coefficient (Wildman–Crippen LogP) is 2.92. The van der Waals surface area contributed by atoms with Gasteiger partial charge in [0.25, 0.3) is 0 Å². The molecule has 4 heteroatoms. The van der Waals surface area contributed by atoms with Gasteiger partial charge in [0.2, 0.25) is 0 Å². The molecule has 0 saturated carbocycles. The van der Waals surface area contributed by atoms with E-state index < -0.39 is 0 Å².